The van der Waals surface area contributed by atoms with Crippen LogP contribution in [-0.4, -0.2) is 30.7 Å². The Bertz CT molecular complexity index is 910. The summed E-state index contributed by atoms with van der Waals surface area (Å²) >= 11 is 1.29. The fourth-order valence-corrected chi connectivity index (χ4v) is 3.34. The Morgan fingerprint density at radius 2 is 1.59 bits per heavy atom. The lowest BCUT2D eigenvalue weighted by atomic mass is 10.1. The van der Waals surface area contributed by atoms with Crippen LogP contribution in [0, 0.1) is 0 Å². The highest BCUT2D eigenvalue weighted by Gasteiger charge is 2.18. The molecule has 0 saturated heterocycles. The van der Waals surface area contributed by atoms with Crippen molar-refractivity contribution in [3.63, 3.8) is 0 Å². The van der Waals surface area contributed by atoms with Crippen LogP contribution >= 0.6 is 11.8 Å². The summed E-state index contributed by atoms with van der Waals surface area (Å²) in [5, 5.41) is 0.458. The van der Waals surface area contributed by atoms with Crippen molar-refractivity contribution in [1.29, 1.82) is 0 Å². The minimum atomic E-state index is 0.0343. The summed E-state index contributed by atoms with van der Waals surface area (Å²) in [7, 11) is 3.26. The summed E-state index contributed by atoms with van der Waals surface area (Å²) < 4.78 is 16.5. The number of thioether (sulfide) groups is 1. The topological polar surface area (TPSA) is 61.6 Å². The zero-order valence-electron chi connectivity index (χ0n) is 16.7. The van der Waals surface area contributed by atoms with Crippen molar-refractivity contribution in [3.05, 3.63) is 60.7 Å². The standard InChI is InChI=1S/C23H23NO4S/c1-4-5-6-18(25)15-29-23-24-21(16-7-11-19(26-2)12-8-16)22(28-23)17-9-13-20(27-3)14-10-17/h5-14H,4,15H2,1-3H3/b6-5+. The molecule has 0 amide bonds. The largest absolute Gasteiger partial charge is 0.497 e. The Labute approximate surface area is 174 Å². The van der Waals surface area contributed by atoms with Gasteiger partial charge >= 0.3 is 0 Å². The Balaban J connectivity index is 1.93. The Kier molecular flexibility index (Phi) is 7.14. The molecule has 1 heterocycles. The second-order valence-corrected chi connectivity index (χ2v) is 7.11. The van der Waals surface area contributed by atoms with Gasteiger partial charge < -0.3 is 13.9 Å². The van der Waals surface area contributed by atoms with Crippen LogP contribution in [-0.2, 0) is 4.79 Å². The Morgan fingerprint density at radius 3 is 2.14 bits per heavy atom. The average Bonchev–Trinajstić information content (AvgIpc) is 3.20. The molecule has 1 aromatic heterocycles. The quantitative estimate of drug-likeness (QED) is 0.336. The van der Waals surface area contributed by atoms with E-state index in [2.05, 4.69) is 4.98 Å². The second-order valence-electron chi connectivity index (χ2n) is 6.18. The fourth-order valence-electron chi connectivity index (χ4n) is 2.68. The van der Waals surface area contributed by atoms with Crippen LogP contribution < -0.4 is 9.47 Å². The third-order valence-corrected chi connectivity index (χ3v) is 5.05. The molecule has 6 heteroatoms. The van der Waals surface area contributed by atoms with E-state index in [0.29, 0.717) is 11.0 Å². The van der Waals surface area contributed by atoms with Gasteiger partial charge in [-0.3, -0.25) is 4.79 Å². The highest BCUT2D eigenvalue weighted by atomic mass is 32.2. The molecule has 0 saturated carbocycles. The van der Waals surface area contributed by atoms with Gasteiger partial charge in [0.2, 0.25) is 0 Å². The summed E-state index contributed by atoms with van der Waals surface area (Å²) in [6, 6.07) is 15.2. The number of hydrogen-bond donors (Lipinski definition) is 0. The van der Waals surface area contributed by atoms with Crippen molar-refractivity contribution in [1.82, 2.24) is 4.98 Å². The SMILES string of the molecule is CC/C=C/C(=O)CSc1nc(-c2ccc(OC)cc2)c(-c2ccc(OC)cc2)o1. The molecular formula is C23H23NO4S. The van der Waals surface area contributed by atoms with Gasteiger partial charge in [0.25, 0.3) is 5.22 Å². The Morgan fingerprint density at radius 1 is 1.00 bits per heavy atom. The first kappa shape index (κ1) is 20.7. The summed E-state index contributed by atoms with van der Waals surface area (Å²) in [5.41, 5.74) is 2.51. The average molecular weight is 410 g/mol. The molecule has 0 aliphatic heterocycles. The van der Waals surface area contributed by atoms with E-state index >= 15 is 0 Å². The number of rotatable bonds is 9. The van der Waals surface area contributed by atoms with E-state index < -0.39 is 0 Å². The van der Waals surface area contributed by atoms with Crippen LogP contribution in [0.5, 0.6) is 11.5 Å². The highest BCUT2D eigenvalue weighted by molar-refractivity contribution is 7.99. The highest BCUT2D eigenvalue weighted by Crippen LogP contribution is 2.36. The maximum absolute atomic E-state index is 11.9. The first-order chi connectivity index (χ1) is 14.1. The molecule has 5 nitrogen and oxygen atoms in total. The Hall–Kier alpha value is -2.99. The van der Waals surface area contributed by atoms with Crippen LogP contribution in [0.25, 0.3) is 22.6 Å². The van der Waals surface area contributed by atoms with Crippen molar-refractivity contribution in [2.45, 2.75) is 18.6 Å². The molecule has 3 aromatic rings. The lowest BCUT2D eigenvalue weighted by Gasteiger charge is -2.04. The third kappa shape index (κ3) is 5.29. The van der Waals surface area contributed by atoms with Crippen molar-refractivity contribution < 1.29 is 18.7 Å². The number of oxazole rings is 1. The van der Waals surface area contributed by atoms with Crippen LogP contribution in [0.15, 0.2) is 70.3 Å². The molecule has 0 aliphatic rings. The molecule has 0 N–H and O–H groups in total. The van der Waals surface area contributed by atoms with Gasteiger partial charge in [0.15, 0.2) is 11.5 Å². The molecule has 0 atom stereocenters. The van der Waals surface area contributed by atoms with E-state index in [1.807, 2.05) is 61.5 Å². The van der Waals surface area contributed by atoms with Gasteiger partial charge in [-0.25, -0.2) is 4.98 Å². The van der Waals surface area contributed by atoms with Crippen molar-refractivity contribution in [3.8, 4) is 34.1 Å². The monoisotopic (exact) mass is 409 g/mol. The number of carbonyl (C=O) groups is 1. The van der Waals surface area contributed by atoms with E-state index in [0.717, 1.165) is 34.7 Å². The van der Waals surface area contributed by atoms with Crippen LogP contribution in [0.4, 0.5) is 0 Å². The van der Waals surface area contributed by atoms with Crippen LogP contribution in [0.2, 0.25) is 0 Å². The maximum atomic E-state index is 11.9. The molecule has 0 fully saturated rings. The molecule has 150 valence electrons. The molecule has 0 radical (unpaired) electrons. The summed E-state index contributed by atoms with van der Waals surface area (Å²) in [6.07, 6.45) is 4.29. The zero-order chi connectivity index (χ0) is 20.6. The van der Waals surface area contributed by atoms with E-state index in [4.69, 9.17) is 13.9 Å². The van der Waals surface area contributed by atoms with Gasteiger partial charge in [-0.2, -0.15) is 0 Å². The van der Waals surface area contributed by atoms with Crippen LogP contribution in [0.3, 0.4) is 0 Å². The molecule has 3 rings (SSSR count). The van der Waals surface area contributed by atoms with E-state index in [9.17, 15) is 4.79 Å². The minimum absolute atomic E-state index is 0.0343. The summed E-state index contributed by atoms with van der Waals surface area (Å²) in [5.74, 6) is 2.50. The van der Waals surface area contributed by atoms with Crippen LogP contribution in [0.1, 0.15) is 13.3 Å². The predicted octanol–water partition coefficient (Wildman–Crippen LogP) is 5.65. The molecule has 0 bridgehead atoms. The number of aromatic nitrogens is 1. The lowest BCUT2D eigenvalue weighted by Crippen LogP contribution is -1.95. The first-order valence-electron chi connectivity index (χ1n) is 9.26. The summed E-state index contributed by atoms with van der Waals surface area (Å²) in [6.45, 7) is 1.99. The van der Waals surface area contributed by atoms with Crippen molar-refractivity contribution in [2.75, 3.05) is 20.0 Å². The normalized spacial score (nSPS) is 11.0. The third-order valence-electron chi connectivity index (χ3n) is 4.20. The molecule has 29 heavy (non-hydrogen) atoms. The first-order valence-corrected chi connectivity index (χ1v) is 10.2. The maximum Gasteiger partial charge on any atom is 0.257 e. The van der Waals surface area contributed by atoms with E-state index in [1.54, 1.807) is 20.3 Å². The van der Waals surface area contributed by atoms with Gasteiger partial charge in [-0.15, -0.1) is 0 Å². The molecule has 0 unspecified atom stereocenters. The van der Waals surface area contributed by atoms with Gasteiger partial charge in [0, 0.05) is 11.1 Å². The number of ether oxygens (including phenoxy) is 2. The van der Waals surface area contributed by atoms with E-state index in [1.165, 1.54) is 11.8 Å². The summed E-state index contributed by atoms with van der Waals surface area (Å²) in [4.78, 5) is 16.6. The number of allylic oxidation sites excluding steroid dienone is 2. The minimum Gasteiger partial charge on any atom is -0.497 e. The zero-order valence-corrected chi connectivity index (χ0v) is 17.5. The number of carbonyl (C=O) groups excluding carboxylic acids is 1. The van der Waals surface area contributed by atoms with E-state index in [-0.39, 0.29) is 11.5 Å². The van der Waals surface area contributed by atoms with Gasteiger partial charge in [-0.1, -0.05) is 24.8 Å². The molecule has 2 aromatic carbocycles. The predicted molar refractivity (Wildman–Crippen MR) is 116 cm³/mol. The molecule has 0 spiro atoms. The second kappa shape index (κ2) is 9.98. The van der Waals surface area contributed by atoms with Gasteiger partial charge in [0.05, 0.1) is 20.0 Å². The van der Waals surface area contributed by atoms with Gasteiger partial charge in [0.1, 0.15) is 17.2 Å². The number of benzene rings is 2. The fraction of sp³-hybridized carbons (Fsp3) is 0.217. The number of ketones is 1. The van der Waals surface area contributed by atoms with Crippen molar-refractivity contribution >= 4 is 17.5 Å². The smallest absolute Gasteiger partial charge is 0.257 e. The molecule has 0 aliphatic carbocycles. The number of hydrogen-bond acceptors (Lipinski definition) is 6. The number of methoxy groups -OCH3 is 2. The van der Waals surface area contributed by atoms with Gasteiger partial charge in [-0.05, 0) is 61.0 Å². The number of nitrogens with zero attached hydrogens (tertiary/aromatic N) is 1. The van der Waals surface area contributed by atoms with Crippen molar-refractivity contribution in [2.24, 2.45) is 0 Å². The molecular weight excluding hydrogens is 386 g/mol. The lowest BCUT2D eigenvalue weighted by molar-refractivity contribution is -0.112.